The first-order valence-electron chi connectivity index (χ1n) is 17.4. The number of sulfonamides is 1. The molecule has 4 aromatic rings. The molecule has 272 valence electrons. The Labute approximate surface area is 300 Å². The number of carbonyl (C=O) groups is 2. The summed E-state index contributed by atoms with van der Waals surface area (Å²) < 4.78 is 40.8. The summed E-state index contributed by atoms with van der Waals surface area (Å²) in [5.74, 6) is -0.353. The van der Waals surface area contributed by atoms with E-state index in [4.69, 9.17) is 9.47 Å². The number of nitrogens with one attached hydrogen (secondary N) is 2. The van der Waals surface area contributed by atoms with Gasteiger partial charge in [-0.15, -0.1) is 0 Å². The number of aliphatic hydroxyl groups is 1. The third-order valence-corrected chi connectivity index (χ3v) is 11.1. The van der Waals surface area contributed by atoms with Crippen LogP contribution in [0.1, 0.15) is 50.4 Å². The number of anilines is 2. The van der Waals surface area contributed by atoms with Crippen molar-refractivity contribution in [1.82, 2.24) is 9.21 Å². The van der Waals surface area contributed by atoms with Gasteiger partial charge in [-0.3, -0.25) is 4.79 Å². The molecule has 4 atom stereocenters. The molecule has 0 bridgehead atoms. The molecule has 1 aliphatic rings. The van der Waals surface area contributed by atoms with E-state index >= 15 is 0 Å². The summed E-state index contributed by atoms with van der Waals surface area (Å²) in [6, 6.07) is 25.6. The summed E-state index contributed by atoms with van der Waals surface area (Å²) in [5.41, 5.74) is 1.26. The van der Waals surface area contributed by atoms with Crippen LogP contribution in [-0.2, 0) is 14.8 Å². The van der Waals surface area contributed by atoms with E-state index in [-0.39, 0.29) is 42.2 Å². The minimum Gasteiger partial charge on any atom is -0.490 e. The van der Waals surface area contributed by atoms with Crippen molar-refractivity contribution in [2.24, 2.45) is 5.92 Å². The third kappa shape index (κ3) is 9.44. The second-order valence-electron chi connectivity index (χ2n) is 13.2. The molecule has 12 heteroatoms. The molecule has 1 heterocycles. The monoisotopic (exact) mass is 716 g/mol. The standard InChI is InChI=1S/C39H48N4O7S/c1-27-24-43(28(2)26-44)38(45)34-23-31(40-39(46)41-35-19-12-15-30-14-8-9-18-33(30)35)20-21-36(34)50-29(3)13-10-11-22-49-37(27)25-42(4)51(47,48)32-16-6-5-7-17-32/h5-9,12,14-21,23,27-29,37,44H,10-11,13,22,24-26H2,1-4H3,(H2,40,41,46)/t27-,28+,29+,37-/m1/s1. The lowest BCUT2D eigenvalue weighted by atomic mass is 10.0. The number of carbonyl (C=O) groups excluding carboxylic acids is 2. The molecule has 3 amide bonds. The molecular formula is C39H48N4O7S. The second kappa shape index (κ2) is 17.1. The summed E-state index contributed by atoms with van der Waals surface area (Å²) in [6.45, 7) is 5.95. The average molecular weight is 717 g/mol. The molecule has 0 aromatic heterocycles. The van der Waals surface area contributed by atoms with Crippen molar-refractivity contribution >= 4 is 44.1 Å². The van der Waals surface area contributed by atoms with Gasteiger partial charge in [0.15, 0.2) is 0 Å². The summed E-state index contributed by atoms with van der Waals surface area (Å²) >= 11 is 0. The zero-order valence-electron chi connectivity index (χ0n) is 29.6. The van der Waals surface area contributed by atoms with Gasteiger partial charge in [-0.05, 0) is 74.9 Å². The van der Waals surface area contributed by atoms with Gasteiger partial charge < -0.3 is 30.1 Å². The van der Waals surface area contributed by atoms with E-state index < -0.39 is 34.1 Å². The maximum atomic E-state index is 14.5. The number of likely N-dealkylation sites (N-methyl/N-ethyl adjacent to an activating group) is 1. The molecule has 1 aliphatic heterocycles. The highest BCUT2D eigenvalue weighted by molar-refractivity contribution is 7.89. The molecule has 0 fully saturated rings. The normalized spacial score (nSPS) is 19.8. The Kier molecular flexibility index (Phi) is 12.7. The zero-order valence-corrected chi connectivity index (χ0v) is 30.4. The lowest BCUT2D eigenvalue weighted by Gasteiger charge is -2.35. The van der Waals surface area contributed by atoms with Crippen LogP contribution >= 0.6 is 0 Å². The zero-order chi connectivity index (χ0) is 36.5. The van der Waals surface area contributed by atoms with Crippen LogP contribution in [0.4, 0.5) is 16.2 Å². The smallest absolute Gasteiger partial charge is 0.323 e. The summed E-state index contributed by atoms with van der Waals surface area (Å²) in [4.78, 5) is 29.4. The number of benzene rings is 4. The van der Waals surface area contributed by atoms with Gasteiger partial charge in [0.2, 0.25) is 10.0 Å². The van der Waals surface area contributed by atoms with E-state index in [2.05, 4.69) is 10.6 Å². The van der Waals surface area contributed by atoms with Gasteiger partial charge in [-0.2, -0.15) is 4.31 Å². The molecule has 0 unspecified atom stereocenters. The van der Waals surface area contributed by atoms with Gasteiger partial charge in [0, 0.05) is 43.7 Å². The number of rotatable bonds is 8. The van der Waals surface area contributed by atoms with Gasteiger partial charge in [0.05, 0.1) is 41.0 Å². The number of urea groups is 1. The first-order chi connectivity index (χ1) is 24.5. The number of amides is 3. The Morgan fingerprint density at radius 3 is 2.47 bits per heavy atom. The number of aliphatic hydroxyl groups excluding tert-OH is 1. The highest BCUT2D eigenvalue weighted by Crippen LogP contribution is 2.29. The Bertz CT molecular complexity index is 1900. The number of nitrogens with zero attached hydrogens (tertiary/aromatic N) is 2. The van der Waals surface area contributed by atoms with Gasteiger partial charge in [-0.25, -0.2) is 13.2 Å². The van der Waals surface area contributed by atoms with E-state index in [1.807, 2.05) is 56.3 Å². The highest BCUT2D eigenvalue weighted by atomic mass is 32.2. The number of fused-ring (bicyclic) bond motifs is 2. The van der Waals surface area contributed by atoms with Crippen molar-refractivity contribution in [3.05, 3.63) is 96.6 Å². The lowest BCUT2D eigenvalue weighted by molar-refractivity contribution is -0.00833. The molecule has 0 saturated heterocycles. The number of hydrogen-bond donors (Lipinski definition) is 3. The highest BCUT2D eigenvalue weighted by Gasteiger charge is 2.32. The summed E-state index contributed by atoms with van der Waals surface area (Å²) in [6.07, 6.45) is 1.46. The van der Waals surface area contributed by atoms with Gasteiger partial charge in [0.1, 0.15) is 5.75 Å². The van der Waals surface area contributed by atoms with E-state index in [1.54, 1.807) is 60.4 Å². The fourth-order valence-corrected chi connectivity index (χ4v) is 7.41. The molecule has 0 spiro atoms. The van der Waals surface area contributed by atoms with E-state index in [1.165, 1.54) is 11.4 Å². The van der Waals surface area contributed by atoms with Crippen molar-refractivity contribution in [1.29, 1.82) is 0 Å². The van der Waals surface area contributed by atoms with Crippen LogP contribution in [0, 0.1) is 5.92 Å². The number of ether oxygens (including phenoxy) is 2. The molecule has 11 nitrogen and oxygen atoms in total. The van der Waals surface area contributed by atoms with E-state index in [0.717, 1.165) is 23.6 Å². The fourth-order valence-electron chi connectivity index (χ4n) is 6.21. The predicted octanol–water partition coefficient (Wildman–Crippen LogP) is 6.60. The molecule has 0 radical (unpaired) electrons. The van der Waals surface area contributed by atoms with E-state index in [9.17, 15) is 23.1 Å². The van der Waals surface area contributed by atoms with Crippen LogP contribution in [0.5, 0.6) is 5.75 Å². The minimum atomic E-state index is -3.78. The van der Waals surface area contributed by atoms with E-state index in [0.29, 0.717) is 30.2 Å². The Morgan fingerprint density at radius 2 is 1.71 bits per heavy atom. The molecule has 0 saturated carbocycles. The van der Waals surface area contributed by atoms with Crippen LogP contribution in [0.2, 0.25) is 0 Å². The van der Waals surface area contributed by atoms with Crippen LogP contribution in [0.25, 0.3) is 10.8 Å². The van der Waals surface area contributed by atoms with Crippen molar-refractivity contribution in [2.75, 3.05) is 44.0 Å². The molecule has 51 heavy (non-hydrogen) atoms. The first-order valence-corrected chi connectivity index (χ1v) is 18.8. The SMILES string of the molecule is C[C@@H]1CN([C@@H](C)CO)C(=O)c2cc(NC(=O)Nc3cccc4ccccc34)ccc2O[C@@H](C)CCCCO[C@@H]1CN(C)S(=O)(=O)c1ccccc1. The van der Waals surface area contributed by atoms with Crippen molar-refractivity contribution < 1.29 is 32.6 Å². The maximum Gasteiger partial charge on any atom is 0.323 e. The largest absolute Gasteiger partial charge is 0.490 e. The summed E-state index contributed by atoms with van der Waals surface area (Å²) in [7, 11) is -2.25. The topological polar surface area (TPSA) is 138 Å². The van der Waals surface area contributed by atoms with Gasteiger partial charge in [0.25, 0.3) is 5.91 Å². The number of hydrogen-bond acceptors (Lipinski definition) is 7. The molecule has 5 rings (SSSR count). The van der Waals surface area contributed by atoms with Crippen LogP contribution in [0.15, 0.2) is 95.9 Å². The lowest BCUT2D eigenvalue weighted by Crippen LogP contribution is -2.48. The van der Waals surface area contributed by atoms with Crippen LogP contribution < -0.4 is 15.4 Å². The average Bonchev–Trinajstić information content (AvgIpc) is 3.13. The maximum absolute atomic E-state index is 14.5. The third-order valence-electron chi connectivity index (χ3n) is 9.24. The van der Waals surface area contributed by atoms with Crippen LogP contribution in [0.3, 0.4) is 0 Å². The quantitative estimate of drug-likeness (QED) is 0.187. The summed E-state index contributed by atoms with van der Waals surface area (Å²) in [5, 5.41) is 17.9. The fraction of sp³-hybridized carbons (Fsp3) is 0.385. The van der Waals surface area contributed by atoms with Crippen LogP contribution in [-0.4, -0.2) is 86.3 Å². The Hall–Kier alpha value is -4.49. The molecule has 3 N–H and O–H groups in total. The Morgan fingerprint density at radius 1 is 0.980 bits per heavy atom. The van der Waals surface area contributed by atoms with Crippen molar-refractivity contribution in [3.8, 4) is 5.75 Å². The van der Waals surface area contributed by atoms with Gasteiger partial charge >= 0.3 is 6.03 Å². The van der Waals surface area contributed by atoms with Crippen molar-refractivity contribution in [3.63, 3.8) is 0 Å². The predicted molar refractivity (Wildman–Crippen MR) is 200 cm³/mol. The molecular weight excluding hydrogens is 669 g/mol. The molecule has 0 aliphatic carbocycles. The Balaban J connectivity index is 1.42. The molecule has 4 aromatic carbocycles. The van der Waals surface area contributed by atoms with Gasteiger partial charge in [-0.1, -0.05) is 61.5 Å². The second-order valence-corrected chi connectivity index (χ2v) is 15.3. The first kappa shape index (κ1) is 37.8. The van der Waals surface area contributed by atoms with Crippen molar-refractivity contribution in [2.45, 2.75) is 63.2 Å². The minimum absolute atomic E-state index is 0.0733.